The van der Waals surface area contributed by atoms with Crippen molar-refractivity contribution in [3.8, 4) is 0 Å². The molecule has 2 saturated carbocycles. The van der Waals surface area contributed by atoms with Gasteiger partial charge in [0.15, 0.2) is 0 Å². The molecular formula is C20H25NO4S. The number of ether oxygens (including phenoxy) is 1. The Kier molecular flexibility index (Phi) is 4.23. The molecule has 2 atom stereocenters. The molecule has 1 spiro atoms. The molecule has 2 bridgehead atoms. The van der Waals surface area contributed by atoms with Crippen molar-refractivity contribution in [1.29, 1.82) is 0 Å². The van der Waals surface area contributed by atoms with E-state index in [1.807, 2.05) is 19.1 Å². The highest BCUT2D eigenvalue weighted by Gasteiger charge is 2.65. The lowest BCUT2D eigenvalue weighted by Crippen LogP contribution is -2.67. The van der Waals surface area contributed by atoms with E-state index in [1.165, 1.54) is 6.42 Å². The normalized spacial score (nSPS) is 26.8. The summed E-state index contributed by atoms with van der Waals surface area (Å²) < 4.78 is 32.7. The molecule has 2 aliphatic carbocycles. The maximum atomic E-state index is 13.0. The summed E-state index contributed by atoms with van der Waals surface area (Å²) in [4.78, 5) is 12.2. The summed E-state index contributed by atoms with van der Waals surface area (Å²) in [7, 11) is -3.49. The zero-order valence-corrected chi connectivity index (χ0v) is 16.1. The van der Waals surface area contributed by atoms with Crippen LogP contribution in [0.15, 0.2) is 40.8 Å². The molecule has 5 nitrogen and oxygen atoms in total. The molecule has 140 valence electrons. The van der Waals surface area contributed by atoms with Crippen molar-refractivity contribution < 1.29 is 17.9 Å². The van der Waals surface area contributed by atoms with Crippen molar-refractivity contribution in [2.75, 3.05) is 19.7 Å². The van der Waals surface area contributed by atoms with Gasteiger partial charge >= 0.3 is 5.97 Å². The summed E-state index contributed by atoms with van der Waals surface area (Å²) in [5, 5.41) is 0. The van der Waals surface area contributed by atoms with Crippen molar-refractivity contribution in [1.82, 2.24) is 4.31 Å². The van der Waals surface area contributed by atoms with Crippen molar-refractivity contribution in [2.45, 2.75) is 38.0 Å². The van der Waals surface area contributed by atoms with Gasteiger partial charge in [0.25, 0.3) is 0 Å². The van der Waals surface area contributed by atoms with Crippen LogP contribution in [0, 0.1) is 24.2 Å². The largest absolute Gasteiger partial charge is 0.463 e. The third-order valence-corrected chi connectivity index (χ3v) is 8.33. The van der Waals surface area contributed by atoms with Crippen molar-refractivity contribution in [2.24, 2.45) is 17.3 Å². The third kappa shape index (κ3) is 2.54. The molecule has 0 aromatic heterocycles. The van der Waals surface area contributed by atoms with Crippen LogP contribution in [0.25, 0.3) is 0 Å². The third-order valence-electron chi connectivity index (χ3n) is 6.48. The Balaban J connectivity index is 1.59. The molecule has 4 fully saturated rings. The van der Waals surface area contributed by atoms with Gasteiger partial charge in [0.2, 0.25) is 10.0 Å². The fraction of sp³-hybridized carbons (Fsp3) is 0.550. The second kappa shape index (κ2) is 6.20. The number of esters is 1. The van der Waals surface area contributed by atoms with Gasteiger partial charge in [0, 0.05) is 31.0 Å². The Hall–Kier alpha value is -1.66. The minimum atomic E-state index is -3.49. The van der Waals surface area contributed by atoms with Crippen LogP contribution in [0.4, 0.5) is 0 Å². The number of sulfonamides is 1. The summed E-state index contributed by atoms with van der Waals surface area (Å²) in [6.07, 6.45) is 5.10. The maximum Gasteiger partial charge on any atom is 0.330 e. The second-order valence-electron chi connectivity index (χ2n) is 7.72. The summed E-state index contributed by atoms with van der Waals surface area (Å²) in [6.45, 7) is 5.04. The number of piperidine rings is 2. The molecule has 26 heavy (non-hydrogen) atoms. The molecule has 2 saturated heterocycles. The van der Waals surface area contributed by atoms with E-state index in [-0.39, 0.29) is 23.2 Å². The van der Waals surface area contributed by atoms with E-state index >= 15 is 0 Å². The van der Waals surface area contributed by atoms with E-state index in [4.69, 9.17) is 4.74 Å². The van der Waals surface area contributed by atoms with Crippen LogP contribution in [0.1, 0.15) is 31.7 Å². The molecule has 1 aromatic rings. The van der Waals surface area contributed by atoms with Gasteiger partial charge in [-0.05, 0) is 44.2 Å². The number of rotatable bonds is 4. The van der Waals surface area contributed by atoms with Crippen LogP contribution in [0.3, 0.4) is 0 Å². The highest BCUT2D eigenvalue weighted by molar-refractivity contribution is 7.89. The fourth-order valence-electron chi connectivity index (χ4n) is 4.97. The quantitative estimate of drug-likeness (QED) is 0.600. The summed E-state index contributed by atoms with van der Waals surface area (Å²) in [5.74, 6) is 0.000717. The first-order valence-electron chi connectivity index (χ1n) is 9.33. The number of fused-ring (bicyclic) bond motifs is 2. The van der Waals surface area contributed by atoms with E-state index in [0.717, 1.165) is 24.0 Å². The lowest BCUT2D eigenvalue weighted by atomic mass is 9.40. The minimum Gasteiger partial charge on any atom is -0.463 e. The summed E-state index contributed by atoms with van der Waals surface area (Å²) in [5.41, 5.74) is 2.36. The van der Waals surface area contributed by atoms with Gasteiger partial charge in [-0.15, -0.1) is 0 Å². The zero-order chi connectivity index (χ0) is 18.5. The topological polar surface area (TPSA) is 63.7 Å². The molecule has 0 radical (unpaired) electrons. The van der Waals surface area contributed by atoms with E-state index in [0.29, 0.717) is 24.6 Å². The lowest BCUT2D eigenvalue weighted by molar-refractivity contribution is -0.138. The molecule has 6 heteroatoms. The summed E-state index contributed by atoms with van der Waals surface area (Å²) >= 11 is 0. The first kappa shape index (κ1) is 17.7. The first-order chi connectivity index (χ1) is 12.4. The number of carbonyl (C=O) groups excluding carboxylic acids is 1. The average molecular weight is 375 g/mol. The highest BCUT2D eigenvalue weighted by Crippen LogP contribution is 2.68. The number of nitrogens with zero attached hydrogens (tertiary/aromatic N) is 1. The zero-order valence-electron chi connectivity index (χ0n) is 15.3. The second-order valence-corrected chi connectivity index (χ2v) is 9.66. The standard InChI is InChI=1S/C20H25NO4S/c1-3-25-19(22)11-16-17-12-21(13-18(16)20(17)9-4-10-20)26(23,24)15-7-5-14(2)6-8-15/h5-8,11,17-18H,3-4,9-10,12-13H2,1-2H3. The van der Waals surface area contributed by atoms with Crippen LogP contribution in [0.5, 0.6) is 0 Å². The fourth-order valence-corrected chi connectivity index (χ4v) is 6.44. The minimum absolute atomic E-state index is 0.152. The molecule has 0 amide bonds. The van der Waals surface area contributed by atoms with Gasteiger partial charge in [0.05, 0.1) is 11.5 Å². The smallest absolute Gasteiger partial charge is 0.330 e. The van der Waals surface area contributed by atoms with Crippen molar-refractivity contribution in [3.05, 3.63) is 41.5 Å². The van der Waals surface area contributed by atoms with Crippen molar-refractivity contribution >= 4 is 16.0 Å². The van der Waals surface area contributed by atoms with Gasteiger partial charge in [0.1, 0.15) is 0 Å². The SMILES string of the molecule is CCOC(=O)C=C1C2CN(S(=O)(=O)c3ccc(C)cc3)CC1C21CCC1. The molecule has 4 aliphatic rings. The molecule has 1 aromatic carbocycles. The van der Waals surface area contributed by atoms with E-state index in [1.54, 1.807) is 29.4 Å². The van der Waals surface area contributed by atoms with Gasteiger partial charge < -0.3 is 4.74 Å². The average Bonchev–Trinajstić information content (AvgIpc) is 2.58. The van der Waals surface area contributed by atoms with Crippen LogP contribution >= 0.6 is 0 Å². The number of carbonyl (C=O) groups is 1. The predicted molar refractivity (Wildman–Crippen MR) is 97.9 cm³/mol. The van der Waals surface area contributed by atoms with E-state index in [9.17, 15) is 13.2 Å². The van der Waals surface area contributed by atoms with Crippen molar-refractivity contribution in [3.63, 3.8) is 0 Å². The number of hydrogen-bond acceptors (Lipinski definition) is 4. The number of benzene rings is 1. The Morgan fingerprint density at radius 2 is 1.85 bits per heavy atom. The Labute approximate surface area is 155 Å². The highest BCUT2D eigenvalue weighted by atomic mass is 32.2. The van der Waals surface area contributed by atoms with Gasteiger partial charge in [-0.3, -0.25) is 0 Å². The lowest BCUT2D eigenvalue weighted by Gasteiger charge is -2.68. The van der Waals surface area contributed by atoms with Crippen LogP contribution in [0.2, 0.25) is 0 Å². The molecule has 2 unspecified atom stereocenters. The molecule has 5 rings (SSSR count). The monoisotopic (exact) mass is 375 g/mol. The molecule has 2 heterocycles. The van der Waals surface area contributed by atoms with E-state index < -0.39 is 10.0 Å². The molecule has 0 N–H and O–H groups in total. The van der Waals surface area contributed by atoms with Gasteiger partial charge in [-0.25, -0.2) is 13.2 Å². The van der Waals surface area contributed by atoms with Gasteiger partial charge in [-0.1, -0.05) is 29.7 Å². The Morgan fingerprint density at radius 1 is 1.23 bits per heavy atom. The van der Waals surface area contributed by atoms with Crippen LogP contribution in [-0.2, 0) is 19.6 Å². The van der Waals surface area contributed by atoms with E-state index in [2.05, 4.69) is 0 Å². The number of hydrogen-bond donors (Lipinski definition) is 0. The Morgan fingerprint density at radius 3 is 2.35 bits per heavy atom. The molecule has 2 aliphatic heterocycles. The predicted octanol–water partition coefficient (Wildman–Crippen LogP) is 2.91. The first-order valence-corrected chi connectivity index (χ1v) is 10.8. The van der Waals surface area contributed by atoms with Crippen LogP contribution < -0.4 is 0 Å². The Bertz CT molecular complexity index is 834. The maximum absolute atomic E-state index is 13.0. The van der Waals surface area contributed by atoms with Gasteiger partial charge in [-0.2, -0.15) is 4.31 Å². The molecular weight excluding hydrogens is 350 g/mol. The van der Waals surface area contributed by atoms with Crippen LogP contribution in [-0.4, -0.2) is 38.4 Å². The number of aryl methyl sites for hydroxylation is 1. The summed E-state index contributed by atoms with van der Waals surface area (Å²) in [6, 6.07) is 7.02.